The zero-order valence-electron chi connectivity index (χ0n) is 17.9. The number of nitrogens with zero attached hydrogens (tertiary/aromatic N) is 1. The lowest BCUT2D eigenvalue weighted by Gasteiger charge is -2.22. The SMILES string of the molecule is COc1ccccc1CNC(=O)CN(Cc1ccc(C)cc1)S(=O)(=O)c1ccc(Cl)cc1. The molecule has 32 heavy (non-hydrogen) atoms. The maximum absolute atomic E-state index is 13.3. The number of para-hydroxylation sites is 1. The van der Waals surface area contributed by atoms with Gasteiger partial charge >= 0.3 is 0 Å². The molecule has 0 aromatic heterocycles. The standard InChI is InChI=1S/C24H25ClN2O4S/c1-18-7-9-19(10-8-18)16-27(32(29,30)22-13-11-21(25)12-14-22)17-24(28)26-15-20-5-3-4-6-23(20)31-2/h3-14H,15-17H2,1-2H3,(H,26,28). The van der Waals surface area contributed by atoms with Crippen molar-refractivity contribution in [3.8, 4) is 5.75 Å². The lowest BCUT2D eigenvalue weighted by atomic mass is 10.1. The van der Waals surface area contributed by atoms with E-state index in [-0.39, 0.29) is 24.5 Å². The summed E-state index contributed by atoms with van der Waals surface area (Å²) in [5.41, 5.74) is 2.65. The Morgan fingerprint density at radius 1 is 1.00 bits per heavy atom. The van der Waals surface area contributed by atoms with Gasteiger partial charge in [0.2, 0.25) is 15.9 Å². The highest BCUT2D eigenvalue weighted by atomic mass is 35.5. The van der Waals surface area contributed by atoms with Gasteiger partial charge in [-0.1, -0.05) is 59.6 Å². The van der Waals surface area contributed by atoms with Crippen molar-refractivity contribution in [2.75, 3.05) is 13.7 Å². The van der Waals surface area contributed by atoms with Gasteiger partial charge in [-0.15, -0.1) is 0 Å². The van der Waals surface area contributed by atoms with E-state index in [0.717, 1.165) is 16.7 Å². The molecule has 3 rings (SSSR count). The first kappa shape index (κ1) is 23.8. The molecular formula is C24H25ClN2O4S. The van der Waals surface area contributed by atoms with Crippen LogP contribution in [0.5, 0.6) is 5.75 Å². The number of hydrogen-bond acceptors (Lipinski definition) is 4. The fraction of sp³-hybridized carbons (Fsp3) is 0.208. The predicted molar refractivity (Wildman–Crippen MR) is 125 cm³/mol. The molecule has 0 aliphatic heterocycles. The van der Waals surface area contributed by atoms with Gasteiger partial charge in [-0.3, -0.25) is 4.79 Å². The Kier molecular flexibility index (Phi) is 7.90. The van der Waals surface area contributed by atoms with E-state index in [1.165, 1.54) is 28.6 Å². The van der Waals surface area contributed by atoms with Crippen LogP contribution in [0.4, 0.5) is 0 Å². The molecule has 0 saturated carbocycles. The van der Waals surface area contributed by atoms with Crippen molar-refractivity contribution in [3.05, 3.63) is 94.5 Å². The lowest BCUT2D eigenvalue weighted by molar-refractivity contribution is -0.121. The number of aryl methyl sites for hydroxylation is 1. The first-order valence-corrected chi connectivity index (χ1v) is 11.8. The molecule has 6 nitrogen and oxygen atoms in total. The number of halogens is 1. The molecule has 3 aromatic carbocycles. The minimum absolute atomic E-state index is 0.0628. The Labute approximate surface area is 193 Å². The van der Waals surface area contributed by atoms with Crippen LogP contribution >= 0.6 is 11.6 Å². The Bertz CT molecular complexity index is 1160. The Morgan fingerprint density at radius 3 is 2.31 bits per heavy atom. The second-order valence-electron chi connectivity index (χ2n) is 7.30. The number of sulfonamides is 1. The van der Waals surface area contributed by atoms with Gasteiger partial charge < -0.3 is 10.1 Å². The molecule has 0 spiro atoms. The second-order valence-corrected chi connectivity index (χ2v) is 9.68. The van der Waals surface area contributed by atoms with Gasteiger partial charge in [0.25, 0.3) is 0 Å². The van der Waals surface area contributed by atoms with Gasteiger partial charge in [0.1, 0.15) is 5.75 Å². The monoisotopic (exact) mass is 472 g/mol. The van der Waals surface area contributed by atoms with E-state index >= 15 is 0 Å². The first-order valence-electron chi connectivity index (χ1n) is 9.99. The molecule has 0 atom stereocenters. The third kappa shape index (κ3) is 6.09. The van der Waals surface area contributed by atoms with Crippen LogP contribution in [0.3, 0.4) is 0 Å². The number of nitrogens with one attached hydrogen (secondary N) is 1. The summed E-state index contributed by atoms with van der Waals surface area (Å²) in [5, 5.41) is 3.22. The molecule has 0 aliphatic carbocycles. The molecule has 0 radical (unpaired) electrons. The summed E-state index contributed by atoms with van der Waals surface area (Å²) in [6, 6.07) is 20.8. The van der Waals surface area contributed by atoms with Crippen molar-refractivity contribution in [2.24, 2.45) is 0 Å². The Hall–Kier alpha value is -2.87. The third-order valence-corrected chi connectivity index (χ3v) is 6.98. The van der Waals surface area contributed by atoms with Crippen LogP contribution in [0, 0.1) is 6.92 Å². The number of carbonyl (C=O) groups is 1. The van der Waals surface area contributed by atoms with Crippen LogP contribution in [-0.4, -0.2) is 32.3 Å². The van der Waals surface area contributed by atoms with Gasteiger partial charge in [-0.05, 0) is 42.8 Å². The van der Waals surface area contributed by atoms with E-state index in [2.05, 4.69) is 5.32 Å². The average Bonchev–Trinajstić information content (AvgIpc) is 2.79. The van der Waals surface area contributed by atoms with E-state index in [1.54, 1.807) is 13.2 Å². The van der Waals surface area contributed by atoms with E-state index in [4.69, 9.17) is 16.3 Å². The predicted octanol–water partition coefficient (Wildman–Crippen LogP) is 4.16. The number of carbonyl (C=O) groups excluding carboxylic acids is 1. The van der Waals surface area contributed by atoms with Crippen LogP contribution in [0.1, 0.15) is 16.7 Å². The van der Waals surface area contributed by atoms with E-state index in [1.807, 2.05) is 49.4 Å². The van der Waals surface area contributed by atoms with Crippen LogP contribution in [0.2, 0.25) is 5.02 Å². The fourth-order valence-corrected chi connectivity index (χ4v) is 4.65. The first-order chi connectivity index (χ1) is 15.3. The minimum Gasteiger partial charge on any atom is -0.496 e. The second kappa shape index (κ2) is 10.6. The van der Waals surface area contributed by atoms with Crippen LogP contribution in [-0.2, 0) is 27.9 Å². The molecular weight excluding hydrogens is 448 g/mol. The van der Waals surface area contributed by atoms with Gasteiger partial charge in [0.15, 0.2) is 0 Å². The fourth-order valence-electron chi connectivity index (χ4n) is 3.14. The topological polar surface area (TPSA) is 75.7 Å². The van der Waals surface area contributed by atoms with Gasteiger partial charge in [-0.25, -0.2) is 8.42 Å². The molecule has 8 heteroatoms. The maximum Gasteiger partial charge on any atom is 0.243 e. The zero-order valence-corrected chi connectivity index (χ0v) is 19.5. The summed E-state index contributed by atoms with van der Waals surface area (Å²) in [6.45, 7) is 1.92. The maximum atomic E-state index is 13.3. The summed E-state index contributed by atoms with van der Waals surface area (Å²) in [7, 11) is -2.37. The number of amides is 1. The lowest BCUT2D eigenvalue weighted by Crippen LogP contribution is -2.40. The van der Waals surface area contributed by atoms with Crippen molar-refractivity contribution in [1.82, 2.24) is 9.62 Å². The number of hydrogen-bond donors (Lipinski definition) is 1. The van der Waals surface area contributed by atoms with Crippen molar-refractivity contribution in [2.45, 2.75) is 24.9 Å². The highest BCUT2D eigenvalue weighted by Gasteiger charge is 2.27. The van der Waals surface area contributed by atoms with E-state index in [0.29, 0.717) is 10.8 Å². The van der Waals surface area contributed by atoms with Crippen molar-refractivity contribution in [1.29, 1.82) is 0 Å². The van der Waals surface area contributed by atoms with Crippen LogP contribution in [0.15, 0.2) is 77.7 Å². The summed E-state index contributed by atoms with van der Waals surface area (Å²) >= 11 is 5.91. The summed E-state index contributed by atoms with van der Waals surface area (Å²) < 4.78 is 33.1. The molecule has 1 amide bonds. The molecule has 3 aromatic rings. The molecule has 0 fully saturated rings. The highest BCUT2D eigenvalue weighted by Crippen LogP contribution is 2.21. The highest BCUT2D eigenvalue weighted by molar-refractivity contribution is 7.89. The summed E-state index contributed by atoms with van der Waals surface area (Å²) in [4.78, 5) is 12.8. The number of rotatable bonds is 9. The van der Waals surface area contributed by atoms with E-state index in [9.17, 15) is 13.2 Å². The molecule has 0 saturated heterocycles. The minimum atomic E-state index is -3.93. The Morgan fingerprint density at radius 2 is 1.66 bits per heavy atom. The van der Waals surface area contributed by atoms with Gasteiger partial charge in [0.05, 0.1) is 18.6 Å². The van der Waals surface area contributed by atoms with Crippen molar-refractivity contribution in [3.63, 3.8) is 0 Å². The van der Waals surface area contributed by atoms with Crippen molar-refractivity contribution >= 4 is 27.5 Å². The molecule has 0 bridgehead atoms. The molecule has 0 heterocycles. The zero-order chi connectivity index (χ0) is 23.1. The number of benzene rings is 3. The smallest absolute Gasteiger partial charge is 0.243 e. The number of methoxy groups -OCH3 is 1. The van der Waals surface area contributed by atoms with Gasteiger partial charge in [0, 0.05) is 23.7 Å². The molecule has 0 aliphatic rings. The van der Waals surface area contributed by atoms with E-state index < -0.39 is 15.9 Å². The van der Waals surface area contributed by atoms with Crippen LogP contribution in [0.25, 0.3) is 0 Å². The molecule has 168 valence electrons. The molecule has 0 unspecified atom stereocenters. The summed E-state index contributed by atoms with van der Waals surface area (Å²) in [6.07, 6.45) is 0. The van der Waals surface area contributed by atoms with Gasteiger partial charge in [-0.2, -0.15) is 4.31 Å². The van der Waals surface area contributed by atoms with Crippen molar-refractivity contribution < 1.29 is 17.9 Å². The number of ether oxygens (including phenoxy) is 1. The largest absolute Gasteiger partial charge is 0.496 e. The quantitative estimate of drug-likeness (QED) is 0.507. The average molecular weight is 473 g/mol. The summed E-state index contributed by atoms with van der Waals surface area (Å²) in [5.74, 6) is 0.235. The molecule has 1 N–H and O–H groups in total. The normalized spacial score (nSPS) is 11.4. The van der Waals surface area contributed by atoms with Crippen LogP contribution < -0.4 is 10.1 Å². The third-order valence-electron chi connectivity index (χ3n) is 4.92. The Balaban J connectivity index is 1.80.